The van der Waals surface area contributed by atoms with Gasteiger partial charge < -0.3 is 19.8 Å². The summed E-state index contributed by atoms with van der Waals surface area (Å²) < 4.78 is 0. The van der Waals surface area contributed by atoms with Gasteiger partial charge in [-0.3, -0.25) is 0 Å². The van der Waals surface area contributed by atoms with E-state index in [1.54, 1.807) is 0 Å². The predicted molar refractivity (Wildman–Crippen MR) is 50.6 cm³/mol. The van der Waals surface area contributed by atoms with Crippen molar-refractivity contribution in [1.82, 2.24) is 5.32 Å². The lowest BCUT2D eigenvalue weighted by molar-refractivity contribution is -0.778. The standard InChI is InChI=1S/C5H10N4O9/c1-6-5(2-16-7(10)11,3-17-8(12)13)4-18-9(14)15/h6H,2-4H2,1H3. The van der Waals surface area contributed by atoms with Gasteiger partial charge in [0.25, 0.3) is 15.3 Å². The highest BCUT2D eigenvalue weighted by Gasteiger charge is 2.33. The van der Waals surface area contributed by atoms with Crippen LogP contribution in [0.1, 0.15) is 0 Å². The molecular weight excluding hydrogens is 260 g/mol. The maximum Gasteiger partial charge on any atom is 0.294 e. The second kappa shape index (κ2) is 7.00. The Morgan fingerprint density at radius 2 is 1.17 bits per heavy atom. The zero-order valence-corrected chi connectivity index (χ0v) is 9.14. The monoisotopic (exact) mass is 270 g/mol. The lowest BCUT2D eigenvalue weighted by atomic mass is 10.0. The van der Waals surface area contributed by atoms with Crippen LogP contribution < -0.4 is 5.32 Å². The van der Waals surface area contributed by atoms with E-state index >= 15 is 0 Å². The van der Waals surface area contributed by atoms with E-state index in [4.69, 9.17) is 0 Å². The van der Waals surface area contributed by atoms with Crippen LogP contribution in [0.5, 0.6) is 0 Å². The van der Waals surface area contributed by atoms with Crippen molar-refractivity contribution in [3.05, 3.63) is 30.3 Å². The van der Waals surface area contributed by atoms with Crippen molar-refractivity contribution in [3.63, 3.8) is 0 Å². The minimum atomic E-state index is -1.60. The Kier molecular flexibility index (Phi) is 6.05. The van der Waals surface area contributed by atoms with E-state index in [9.17, 15) is 30.3 Å². The molecule has 0 radical (unpaired) electrons. The summed E-state index contributed by atoms with van der Waals surface area (Å²) >= 11 is 0. The molecule has 0 spiro atoms. The molecule has 0 rings (SSSR count). The quantitative estimate of drug-likeness (QED) is 0.366. The molecule has 0 aliphatic heterocycles. The Balaban J connectivity index is 4.63. The van der Waals surface area contributed by atoms with E-state index in [2.05, 4.69) is 19.8 Å². The summed E-state index contributed by atoms with van der Waals surface area (Å²) in [5.41, 5.74) is -1.60. The maximum atomic E-state index is 10.0. The molecule has 18 heavy (non-hydrogen) atoms. The molecule has 13 nitrogen and oxygen atoms in total. The van der Waals surface area contributed by atoms with Gasteiger partial charge in [-0.05, 0) is 7.05 Å². The Labute approximate surface area is 98.9 Å². The molecule has 0 aromatic carbocycles. The van der Waals surface area contributed by atoms with Crippen LogP contribution in [0.3, 0.4) is 0 Å². The molecule has 1 N–H and O–H groups in total. The van der Waals surface area contributed by atoms with E-state index in [0.29, 0.717) is 0 Å². The molecular formula is C5H10N4O9. The minimum Gasteiger partial charge on any atom is -0.312 e. The number of hydrogen-bond donors (Lipinski definition) is 1. The summed E-state index contributed by atoms with van der Waals surface area (Å²) in [4.78, 5) is 42.2. The van der Waals surface area contributed by atoms with Crippen LogP contribution in [0, 0.1) is 30.3 Å². The van der Waals surface area contributed by atoms with Crippen LogP contribution in [0.15, 0.2) is 0 Å². The van der Waals surface area contributed by atoms with Crippen molar-refractivity contribution < 1.29 is 29.8 Å². The van der Waals surface area contributed by atoms with Crippen LogP contribution in [0.4, 0.5) is 0 Å². The average molecular weight is 270 g/mol. The fourth-order valence-electron chi connectivity index (χ4n) is 0.870. The van der Waals surface area contributed by atoms with Gasteiger partial charge in [0.2, 0.25) is 0 Å². The van der Waals surface area contributed by atoms with Gasteiger partial charge in [0.15, 0.2) is 0 Å². The Morgan fingerprint density at radius 3 is 1.33 bits per heavy atom. The minimum absolute atomic E-state index is 0.724. The zero-order chi connectivity index (χ0) is 14.2. The molecule has 0 aromatic rings. The first-order valence-electron chi connectivity index (χ1n) is 4.32. The molecule has 0 bridgehead atoms. The number of rotatable bonds is 10. The maximum absolute atomic E-state index is 10.0. The Morgan fingerprint density at radius 1 is 0.889 bits per heavy atom. The molecule has 0 amide bonds. The molecule has 13 heteroatoms. The fraction of sp³-hybridized carbons (Fsp3) is 1.00. The van der Waals surface area contributed by atoms with Crippen LogP contribution in [0.25, 0.3) is 0 Å². The second-order valence-electron chi connectivity index (χ2n) is 3.02. The highest BCUT2D eigenvalue weighted by atomic mass is 17.0. The molecule has 0 saturated heterocycles. The van der Waals surface area contributed by atoms with Crippen LogP contribution in [-0.2, 0) is 14.5 Å². The normalized spacial score (nSPS) is 10.5. The van der Waals surface area contributed by atoms with Crippen molar-refractivity contribution >= 4 is 0 Å². The van der Waals surface area contributed by atoms with Gasteiger partial charge in [0.1, 0.15) is 19.8 Å². The van der Waals surface area contributed by atoms with E-state index in [0.717, 1.165) is 0 Å². The summed E-state index contributed by atoms with van der Waals surface area (Å²) in [5, 5.41) is 29.1. The van der Waals surface area contributed by atoms with E-state index in [-0.39, 0.29) is 0 Å². The second-order valence-corrected chi connectivity index (χ2v) is 3.02. The summed E-state index contributed by atoms with van der Waals surface area (Å²) in [6.07, 6.45) is 0. The summed E-state index contributed by atoms with van der Waals surface area (Å²) in [7, 11) is 1.26. The Hall–Kier alpha value is -2.44. The van der Waals surface area contributed by atoms with Crippen molar-refractivity contribution in [2.45, 2.75) is 5.54 Å². The third-order valence-corrected chi connectivity index (χ3v) is 1.87. The van der Waals surface area contributed by atoms with Crippen molar-refractivity contribution in [3.8, 4) is 0 Å². The summed E-state index contributed by atoms with van der Waals surface area (Å²) in [5.74, 6) is 0. The van der Waals surface area contributed by atoms with Crippen molar-refractivity contribution in [2.75, 3.05) is 26.9 Å². The lowest BCUT2D eigenvalue weighted by Gasteiger charge is -2.29. The zero-order valence-electron chi connectivity index (χ0n) is 9.14. The van der Waals surface area contributed by atoms with Gasteiger partial charge in [0.05, 0.1) is 5.54 Å². The topological polar surface area (TPSA) is 169 Å². The highest BCUT2D eigenvalue weighted by molar-refractivity contribution is 4.85. The van der Waals surface area contributed by atoms with Gasteiger partial charge in [-0.1, -0.05) is 0 Å². The van der Waals surface area contributed by atoms with E-state index in [1.165, 1.54) is 7.05 Å². The molecule has 0 heterocycles. The predicted octanol–water partition coefficient (Wildman–Crippen LogP) is -1.43. The molecule has 0 aliphatic rings. The Bertz CT molecular complexity index is 275. The van der Waals surface area contributed by atoms with Crippen molar-refractivity contribution in [1.29, 1.82) is 0 Å². The average Bonchev–Trinajstić information content (AvgIpc) is 2.28. The SMILES string of the molecule is CNC(CO[N+](=O)[O-])(CO[N+](=O)[O-])CO[N+](=O)[O-]. The number of likely N-dealkylation sites (N-methyl/N-ethyl adjacent to an activating group) is 1. The largest absolute Gasteiger partial charge is 0.312 e. The van der Waals surface area contributed by atoms with Gasteiger partial charge >= 0.3 is 0 Å². The molecule has 0 saturated carbocycles. The smallest absolute Gasteiger partial charge is 0.294 e. The van der Waals surface area contributed by atoms with Crippen molar-refractivity contribution in [2.24, 2.45) is 0 Å². The highest BCUT2D eigenvalue weighted by Crippen LogP contribution is 2.08. The van der Waals surface area contributed by atoms with Crippen LogP contribution in [0.2, 0.25) is 0 Å². The summed E-state index contributed by atoms with van der Waals surface area (Å²) in [6.45, 7) is -2.17. The molecule has 0 fully saturated rings. The summed E-state index contributed by atoms with van der Waals surface area (Å²) in [6, 6.07) is 0. The molecule has 0 unspecified atom stereocenters. The number of nitrogens with zero attached hydrogens (tertiary/aromatic N) is 3. The first-order chi connectivity index (χ1) is 8.31. The molecule has 0 atom stereocenters. The van der Waals surface area contributed by atoms with Gasteiger partial charge in [-0.25, -0.2) is 0 Å². The third kappa shape index (κ3) is 6.21. The van der Waals surface area contributed by atoms with Crippen LogP contribution >= 0.6 is 0 Å². The molecule has 0 aliphatic carbocycles. The molecule has 104 valence electrons. The number of hydrogen-bond acceptors (Lipinski definition) is 10. The van der Waals surface area contributed by atoms with E-state index in [1.807, 2.05) is 0 Å². The van der Waals surface area contributed by atoms with E-state index < -0.39 is 40.6 Å². The molecule has 0 aromatic heterocycles. The van der Waals surface area contributed by atoms with Crippen LogP contribution in [-0.4, -0.2) is 47.7 Å². The number of nitrogens with one attached hydrogen (secondary N) is 1. The fourth-order valence-corrected chi connectivity index (χ4v) is 0.870. The van der Waals surface area contributed by atoms with Gasteiger partial charge in [-0.2, -0.15) is 0 Å². The first kappa shape index (κ1) is 15.6. The third-order valence-electron chi connectivity index (χ3n) is 1.87. The first-order valence-corrected chi connectivity index (χ1v) is 4.32. The van der Waals surface area contributed by atoms with Gasteiger partial charge in [0, 0.05) is 0 Å². The lowest BCUT2D eigenvalue weighted by Crippen LogP contribution is -2.56. The van der Waals surface area contributed by atoms with Gasteiger partial charge in [-0.15, -0.1) is 30.3 Å².